The van der Waals surface area contributed by atoms with Crippen LogP contribution < -0.4 is 5.32 Å². The highest BCUT2D eigenvalue weighted by Crippen LogP contribution is 2.13. The van der Waals surface area contributed by atoms with Crippen molar-refractivity contribution in [1.82, 2.24) is 10.2 Å². The van der Waals surface area contributed by atoms with E-state index in [0.29, 0.717) is 5.92 Å². The predicted molar refractivity (Wildman–Crippen MR) is 53.5 cm³/mol. The van der Waals surface area contributed by atoms with E-state index in [4.69, 9.17) is 0 Å². The van der Waals surface area contributed by atoms with E-state index in [1.807, 2.05) is 0 Å². The molecule has 1 rings (SSSR count). The quantitative estimate of drug-likeness (QED) is 0.700. The van der Waals surface area contributed by atoms with Gasteiger partial charge in [0.15, 0.2) is 0 Å². The van der Waals surface area contributed by atoms with Crippen molar-refractivity contribution in [1.29, 1.82) is 0 Å². The third-order valence-electron chi connectivity index (χ3n) is 2.45. The molecule has 0 unspecified atom stereocenters. The Balaban J connectivity index is 2.24. The van der Waals surface area contributed by atoms with Crippen LogP contribution in [0.2, 0.25) is 0 Å². The summed E-state index contributed by atoms with van der Waals surface area (Å²) in [5, 5.41) is 2.98. The number of nitrogens with zero attached hydrogens (tertiary/aromatic N) is 1. The predicted octanol–water partition coefficient (Wildman–Crippen LogP) is 0.710. The van der Waals surface area contributed by atoms with Crippen molar-refractivity contribution in [2.24, 2.45) is 11.8 Å². The molecule has 0 aliphatic carbocycles. The Morgan fingerprint density at radius 1 is 1.62 bits per heavy atom. The normalized spacial score (nSPS) is 23.8. The molecule has 1 aliphatic rings. The molecule has 0 radical (unpaired) electrons. The van der Waals surface area contributed by atoms with Gasteiger partial charge in [-0.3, -0.25) is 4.79 Å². The number of carbonyl (C=O) groups is 1. The van der Waals surface area contributed by atoms with Crippen LogP contribution >= 0.6 is 0 Å². The maximum absolute atomic E-state index is 11.6. The summed E-state index contributed by atoms with van der Waals surface area (Å²) in [6.45, 7) is 7.00. The lowest BCUT2D eigenvalue weighted by molar-refractivity contribution is -0.124. The van der Waals surface area contributed by atoms with E-state index < -0.39 is 0 Å². The first-order valence-corrected chi connectivity index (χ1v) is 5.06. The van der Waals surface area contributed by atoms with Crippen LogP contribution in [0.4, 0.5) is 0 Å². The molecule has 0 aromatic carbocycles. The molecule has 0 bridgehead atoms. The van der Waals surface area contributed by atoms with Gasteiger partial charge in [-0.05, 0) is 25.9 Å². The molecule has 3 nitrogen and oxygen atoms in total. The summed E-state index contributed by atoms with van der Waals surface area (Å²) in [5.74, 6) is 1.00. The number of amides is 1. The molecule has 0 aromatic heterocycles. The van der Waals surface area contributed by atoms with E-state index in [1.54, 1.807) is 0 Å². The van der Waals surface area contributed by atoms with Gasteiger partial charge in [-0.25, -0.2) is 0 Å². The van der Waals surface area contributed by atoms with Crippen LogP contribution in [0.1, 0.15) is 20.3 Å². The topological polar surface area (TPSA) is 32.3 Å². The molecule has 1 N–H and O–H groups in total. The molecule has 1 aliphatic heterocycles. The fourth-order valence-electron chi connectivity index (χ4n) is 1.60. The van der Waals surface area contributed by atoms with Crippen molar-refractivity contribution in [3.8, 4) is 0 Å². The van der Waals surface area contributed by atoms with E-state index >= 15 is 0 Å². The van der Waals surface area contributed by atoms with Crippen LogP contribution in [-0.2, 0) is 4.79 Å². The Morgan fingerprint density at radius 2 is 2.31 bits per heavy atom. The summed E-state index contributed by atoms with van der Waals surface area (Å²) in [4.78, 5) is 13.8. The largest absolute Gasteiger partial charge is 0.356 e. The second-order valence-electron chi connectivity index (χ2n) is 4.39. The molecule has 3 heteroatoms. The zero-order chi connectivity index (χ0) is 9.84. The van der Waals surface area contributed by atoms with Crippen LogP contribution in [0.25, 0.3) is 0 Å². The zero-order valence-corrected chi connectivity index (χ0v) is 8.84. The van der Waals surface area contributed by atoms with Gasteiger partial charge in [0.2, 0.25) is 5.91 Å². The van der Waals surface area contributed by atoms with Crippen LogP contribution in [0.15, 0.2) is 0 Å². The second-order valence-corrected chi connectivity index (χ2v) is 4.39. The molecule has 1 atom stereocenters. The molecular formula is C10H20N2O. The molecule has 0 aromatic rings. The molecule has 0 saturated carbocycles. The molecule has 1 heterocycles. The third kappa shape index (κ3) is 3.35. The Hall–Kier alpha value is -0.570. The first-order chi connectivity index (χ1) is 6.09. The van der Waals surface area contributed by atoms with Gasteiger partial charge >= 0.3 is 0 Å². The van der Waals surface area contributed by atoms with Crippen molar-refractivity contribution in [2.75, 3.05) is 26.7 Å². The van der Waals surface area contributed by atoms with E-state index in [2.05, 4.69) is 31.1 Å². The number of hydrogen-bond acceptors (Lipinski definition) is 2. The number of hydrogen-bond donors (Lipinski definition) is 1. The van der Waals surface area contributed by atoms with Crippen molar-refractivity contribution < 1.29 is 4.79 Å². The van der Waals surface area contributed by atoms with Gasteiger partial charge in [0.1, 0.15) is 0 Å². The summed E-state index contributed by atoms with van der Waals surface area (Å²) < 4.78 is 0. The maximum Gasteiger partial charge on any atom is 0.224 e. The van der Waals surface area contributed by atoms with Crippen molar-refractivity contribution in [2.45, 2.75) is 20.3 Å². The lowest BCUT2D eigenvalue weighted by Gasteiger charge is -2.12. The number of carbonyl (C=O) groups excluding carboxylic acids is 1. The minimum Gasteiger partial charge on any atom is -0.356 e. The molecular weight excluding hydrogens is 164 g/mol. The van der Waals surface area contributed by atoms with Gasteiger partial charge in [-0.1, -0.05) is 13.8 Å². The highest BCUT2D eigenvalue weighted by molar-refractivity contribution is 5.79. The fraction of sp³-hybridized carbons (Fsp3) is 0.900. The average molecular weight is 184 g/mol. The molecule has 1 fully saturated rings. The molecule has 13 heavy (non-hydrogen) atoms. The Kier molecular flexibility index (Phi) is 3.72. The van der Waals surface area contributed by atoms with Gasteiger partial charge in [0.25, 0.3) is 0 Å². The van der Waals surface area contributed by atoms with Crippen molar-refractivity contribution in [3.05, 3.63) is 0 Å². The summed E-state index contributed by atoms with van der Waals surface area (Å²) >= 11 is 0. The number of rotatable bonds is 3. The van der Waals surface area contributed by atoms with Gasteiger partial charge < -0.3 is 10.2 Å². The minimum atomic E-state index is 0.226. The summed E-state index contributed by atoms with van der Waals surface area (Å²) in [6.07, 6.45) is 1.01. The van der Waals surface area contributed by atoms with Crippen LogP contribution in [-0.4, -0.2) is 37.5 Å². The third-order valence-corrected chi connectivity index (χ3v) is 2.45. The van der Waals surface area contributed by atoms with Crippen LogP contribution in [0, 0.1) is 11.8 Å². The van der Waals surface area contributed by atoms with Gasteiger partial charge in [-0.2, -0.15) is 0 Å². The van der Waals surface area contributed by atoms with Gasteiger partial charge in [0, 0.05) is 13.1 Å². The smallest absolute Gasteiger partial charge is 0.224 e. The molecule has 1 saturated heterocycles. The lowest BCUT2D eigenvalue weighted by atomic mass is 10.1. The van der Waals surface area contributed by atoms with Crippen molar-refractivity contribution >= 4 is 5.91 Å². The monoisotopic (exact) mass is 184 g/mol. The number of likely N-dealkylation sites (tertiary alicyclic amines) is 1. The van der Waals surface area contributed by atoms with E-state index in [1.165, 1.54) is 0 Å². The SMILES string of the molecule is CC(C)CNC(=O)[C@@H]1CCN(C)C1. The first-order valence-electron chi connectivity index (χ1n) is 5.06. The zero-order valence-electron chi connectivity index (χ0n) is 8.84. The summed E-state index contributed by atoms with van der Waals surface area (Å²) in [5.41, 5.74) is 0. The molecule has 76 valence electrons. The maximum atomic E-state index is 11.6. The van der Waals surface area contributed by atoms with E-state index in [9.17, 15) is 4.79 Å². The van der Waals surface area contributed by atoms with E-state index in [0.717, 1.165) is 26.1 Å². The van der Waals surface area contributed by atoms with Crippen LogP contribution in [0.5, 0.6) is 0 Å². The summed E-state index contributed by atoms with van der Waals surface area (Å²) in [6, 6.07) is 0. The van der Waals surface area contributed by atoms with Crippen molar-refractivity contribution in [3.63, 3.8) is 0 Å². The van der Waals surface area contributed by atoms with Crippen LogP contribution in [0.3, 0.4) is 0 Å². The highest BCUT2D eigenvalue weighted by Gasteiger charge is 2.25. The minimum absolute atomic E-state index is 0.226. The average Bonchev–Trinajstić information content (AvgIpc) is 2.47. The lowest BCUT2D eigenvalue weighted by Crippen LogP contribution is -2.34. The summed E-state index contributed by atoms with van der Waals surface area (Å²) in [7, 11) is 2.07. The van der Waals surface area contributed by atoms with Gasteiger partial charge in [-0.15, -0.1) is 0 Å². The molecule has 0 spiro atoms. The standard InChI is InChI=1S/C10H20N2O/c1-8(2)6-11-10(13)9-4-5-12(3)7-9/h8-9H,4-7H2,1-3H3,(H,11,13)/t9-/m1/s1. The second kappa shape index (κ2) is 4.61. The fourth-order valence-corrected chi connectivity index (χ4v) is 1.60. The Bertz CT molecular complexity index is 180. The van der Waals surface area contributed by atoms with Gasteiger partial charge in [0.05, 0.1) is 5.92 Å². The van der Waals surface area contributed by atoms with E-state index in [-0.39, 0.29) is 11.8 Å². The Labute approximate surface area is 80.5 Å². The Morgan fingerprint density at radius 3 is 2.77 bits per heavy atom. The number of nitrogens with one attached hydrogen (secondary N) is 1. The first kappa shape index (κ1) is 10.5. The highest BCUT2D eigenvalue weighted by atomic mass is 16.1. The molecule has 1 amide bonds.